The zero-order valence-corrected chi connectivity index (χ0v) is 18.1. The van der Waals surface area contributed by atoms with Gasteiger partial charge in [-0.15, -0.1) is 0 Å². The third-order valence-electron chi connectivity index (χ3n) is 5.17. The minimum atomic E-state index is -0.138. The Morgan fingerprint density at radius 1 is 0.788 bits per heavy atom. The van der Waals surface area contributed by atoms with E-state index in [9.17, 15) is 15.3 Å². The van der Waals surface area contributed by atoms with Crippen molar-refractivity contribution in [2.45, 2.75) is 6.61 Å². The summed E-state index contributed by atoms with van der Waals surface area (Å²) in [5.74, 6) is 0.819. The first-order valence-electron chi connectivity index (χ1n) is 10.1. The molecule has 3 N–H and O–H groups in total. The van der Waals surface area contributed by atoms with Crippen molar-refractivity contribution in [2.75, 3.05) is 14.2 Å². The highest BCUT2D eigenvalue weighted by molar-refractivity contribution is 5.88. The van der Waals surface area contributed by atoms with E-state index < -0.39 is 0 Å². The molecule has 7 nitrogen and oxygen atoms in total. The molecule has 4 aromatic rings. The maximum absolute atomic E-state index is 11.1. The smallest absolute Gasteiger partial charge is 0.170 e. The highest BCUT2D eigenvalue weighted by Crippen LogP contribution is 2.50. The molecule has 1 aromatic heterocycles. The lowest BCUT2D eigenvalue weighted by Crippen LogP contribution is -1.98. The average Bonchev–Trinajstić information content (AvgIpc) is 2.84. The third-order valence-corrected chi connectivity index (χ3v) is 5.17. The maximum atomic E-state index is 11.1. The van der Waals surface area contributed by atoms with Crippen molar-refractivity contribution in [3.8, 4) is 56.8 Å². The monoisotopic (exact) mass is 445 g/mol. The quantitative estimate of drug-likeness (QED) is 0.363. The van der Waals surface area contributed by atoms with Crippen molar-refractivity contribution in [1.82, 2.24) is 4.98 Å². The fourth-order valence-corrected chi connectivity index (χ4v) is 3.56. The molecule has 7 heteroatoms. The highest BCUT2D eigenvalue weighted by Gasteiger charge is 2.22. The Labute approximate surface area is 191 Å². The van der Waals surface area contributed by atoms with Crippen molar-refractivity contribution in [2.24, 2.45) is 0 Å². The number of phenols is 3. The molecule has 168 valence electrons. The van der Waals surface area contributed by atoms with Gasteiger partial charge in [-0.25, -0.2) is 0 Å². The summed E-state index contributed by atoms with van der Waals surface area (Å²) in [6.07, 6.45) is 1.67. The van der Waals surface area contributed by atoms with E-state index >= 15 is 0 Å². The highest BCUT2D eigenvalue weighted by atomic mass is 16.5. The number of phenolic OH excluding ortho intramolecular Hbond substituents is 3. The Morgan fingerprint density at radius 2 is 1.55 bits per heavy atom. The van der Waals surface area contributed by atoms with Gasteiger partial charge in [0.25, 0.3) is 0 Å². The molecule has 0 saturated carbocycles. The van der Waals surface area contributed by atoms with E-state index in [1.54, 1.807) is 48.7 Å². The number of aromatic nitrogens is 1. The number of hydrogen-bond acceptors (Lipinski definition) is 7. The van der Waals surface area contributed by atoms with E-state index in [1.807, 2.05) is 18.2 Å². The molecule has 0 aliphatic carbocycles. The van der Waals surface area contributed by atoms with Gasteiger partial charge < -0.3 is 29.5 Å². The van der Waals surface area contributed by atoms with Crippen LogP contribution in [0.5, 0.6) is 34.5 Å². The van der Waals surface area contributed by atoms with Crippen LogP contribution in [0, 0.1) is 0 Å². The predicted molar refractivity (Wildman–Crippen MR) is 124 cm³/mol. The number of rotatable bonds is 7. The molecule has 0 unspecified atom stereocenters. The van der Waals surface area contributed by atoms with Crippen LogP contribution in [0.15, 0.2) is 72.9 Å². The van der Waals surface area contributed by atoms with Crippen LogP contribution in [0.1, 0.15) is 5.69 Å². The number of ether oxygens (including phenoxy) is 3. The molecule has 0 saturated heterocycles. The SMILES string of the molecule is COc1cc(-c2ccc(O)cc2)c(OC)c(O)c1-c1ccc(OCc2ccccn2)c(O)c1. The Balaban J connectivity index is 1.72. The summed E-state index contributed by atoms with van der Waals surface area (Å²) in [7, 11) is 2.96. The number of aromatic hydroxyl groups is 3. The van der Waals surface area contributed by atoms with E-state index in [0.717, 1.165) is 11.3 Å². The zero-order chi connectivity index (χ0) is 23.4. The molecule has 0 radical (unpaired) electrons. The fourth-order valence-electron chi connectivity index (χ4n) is 3.56. The van der Waals surface area contributed by atoms with E-state index in [-0.39, 0.29) is 35.4 Å². The van der Waals surface area contributed by atoms with Gasteiger partial charge in [0.2, 0.25) is 0 Å². The minimum Gasteiger partial charge on any atom is -0.508 e. The Hall–Kier alpha value is -4.39. The average molecular weight is 445 g/mol. The van der Waals surface area contributed by atoms with Crippen LogP contribution in [0.2, 0.25) is 0 Å². The molecule has 4 rings (SSSR count). The lowest BCUT2D eigenvalue weighted by atomic mass is 9.96. The molecule has 0 bridgehead atoms. The molecule has 3 aromatic carbocycles. The standard InChI is InChI=1S/C26H23NO6/c1-31-23-14-20(16-6-9-19(28)10-7-16)26(32-2)25(30)24(23)17-8-11-22(21(29)13-17)33-15-18-5-3-4-12-27-18/h3-14,28-30H,15H2,1-2H3. The van der Waals surface area contributed by atoms with Gasteiger partial charge in [-0.3, -0.25) is 4.98 Å². The van der Waals surface area contributed by atoms with Crippen molar-refractivity contribution in [1.29, 1.82) is 0 Å². The molecular weight excluding hydrogens is 422 g/mol. The number of hydrogen-bond donors (Lipinski definition) is 3. The van der Waals surface area contributed by atoms with Crippen molar-refractivity contribution >= 4 is 0 Å². The van der Waals surface area contributed by atoms with Crippen LogP contribution in [-0.4, -0.2) is 34.5 Å². The Kier molecular flexibility index (Phi) is 6.22. The second-order valence-electron chi connectivity index (χ2n) is 7.22. The number of nitrogens with zero attached hydrogens (tertiary/aromatic N) is 1. The van der Waals surface area contributed by atoms with Crippen LogP contribution in [0.4, 0.5) is 0 Å². The lowest BCUT2D eigenvalue weighted by Gasteiger charge is -2.18. The zero-order valence-electron chi connectivity index (χ0n) is 18.1. The van der Waals surface area contributed by atoms with Crippen LogP contribution < -0.4 is 14.2 Å². The van der Waals surface area contributed by atoms with Crippen molar-refractivity contribution < 1.29 is 29.5 Å². The largest absolute Gasteiger partial charge is 0.508 e. The normalized spacial score (nSPS) is 10.6. The molecule has 0 aliphatic heterocycles. The molecular formula is C26H23NO6. The molecule has 0 aliphatic rings. The van der Waals surface area contributed by atoms with Gasteiger partial charge in [0.15, 0.2) is 23.0 Å². The summed E-state index contributed by atoms with van der Waals surface area (Å²) in [6.45, 7) is 0.206. The van der Waals surface area contributed by atoms with Gasteiger partial charge in [0.1, 0.15) is 18.1 Å². The van der Waals surface area contributed by atoms with Crippen LogP contribution in [-0.2, 0) is 6.61 Å². The van der Waals surface area contributed by atoms with Gasteiger partial charge >= 0.3 is 0 Å². The summed E-state index contributed by atoms with van der Waals surface area (Å²) in [5, 5.41) is 31.2. The Bertz CT molecular complexity index is 1260. The topological polar surface area (TPSA) is 101 Å². The van der Waals surface area contributed by atoms with Gasteiger partial charge in [-0.2, -0.15) is 0 Å². The third kappa shape index (κ3) is 4.48. The van der Waals surface area contributed by atoms with Gasteiger partial charge in [-0.1, -0.05) is 24.3 Å². The van der Waals surface area contributed by atoms with Gasteiger partial charge in [0, 0.05) is 11.8 Å². The summed E-state index contributed by atoms with van der Waals surface area (Å²) in [6, 6.07) is 18.6. The first kappa shape index (κ1) is 21.8. The molecule has 33 heavy (non-hydrogen) atoms. The van der Waals surface area contributed by atoms with Crippen LogP contribution in [0.25, 0.3) is 22.3 Å². The van der Waals surface area contributed by atoms with Gasteiger partial charge in [0.05, 0.1) is 25.5 Å². The van der Waals surface area contributed by atoms with Crippen molar-refractivity contribution in [3.05, 3.63) is 78.6 Å². The summed E-state index contributed by atoms with van der Waals surface area (Å²) in [5.41, 5.74) is 2.93. The van der Waals surface area contributed by atoms with E-state index in [4.69, 9.17) is 14.2 Å². The molecule has 1 heterocycles. The molecule has 0 spiro atoms. The molecule has 0 amide bonds. The van der Waals surface area contributed by atoms with E-state index in [2.05, 4.69) is 4.98 Å². The van der Waals surface area contributed by atoms with Crippen LogP contribution in [0.3, 0.4) is 0 Å². The maximum Gasteiger partial charge on any atom is 0.170 e. The molecule has 0 atom stereocenters. The number of pyridine rings is 1. The number of benzene rings is 3. The molecule has 0 fully saturated rings. The summed E-state index contributed by atoms with van der Waals surface area (Å²) >= 11 is 0. The number of methoxy groups -OCH3 is 2. The van der Waals surface area contributed by atoms with E-state index in [1.165, 1.54) is 20.3 Å². The second kappa shape index (κ2) is 9.40. The predicted octanol–water partition coefficient (Wildman–Crippen LogP) is 5.13. The van der Waals surface area contributed by atoms with Gasteiger partial charge in [-0.05, 0) is 53.6 Å². The first-order chi connectivity index (χ1) is 16.0. The minimum absolute atomic E-state index is 0.0912. The van der Waals surface area contributed by atoms with Crippen LogP contribution >= 0.6 is 0 Å². The summed E-state index contributed by atoms with van der Waals surface area (Å²) in [4.78, 5) is 4.20. The lowest BCUT2D eigenvalue weighted by molar-refractivity contribution is 0.285. The Morgan fingerprint density at radius 3 is 2.18 bits per heavy atom. The van der Waals surface area contributed by atoms with Crippen molar-refractivity contribution in [3.63, 3.8) is 0 Å². The first-order valence-corrected chi connectivity index (χ1v) is 10.1. The fraction of sp³-hybridized carbons (Fsp3) is 0.115. The van der Waals surface area contributed by atoms with E-state index in [0.29, 0.717) is 22.4 Å². The second-order valence-corrected chi connectivity index (χ2v) is 7.22. The summed E-state index contributed by atoms with van der Waals surface area (Å²) < 4.78 is 16.7.